The van der Waals surface area contributed by atoms with Crippen LogP contribution in [0.4, 0.5) is 0 Å². The third-order valence-electron chi connectivity index (χ3n) is 4.67. The first-order valence-corrected chi connectivity index (χ1v) is 7.04. The van der Waals surface area contributed by atoms with E-state index >= 15 is 0 Å². The molecule has 0 spiro atoms. The number of carboxylic acid groups (broad SMARTS) is 1. The fourth-order valence-electron chi connectivity index (χ4n) is 3.86. The molecule has 1 heterocycles. The van der Waals surface area contributed by atoms with Crippen LogP contribution in [0.1, 0.15) is 30.7 Å². The average molecular weight is 260 g/mol. The number of nitrogens with zero attached hydrogens (tertiary/aromatic N) is 1. The topological polar surface area (TPSA) is 62.2 Å². The fraction of sp³-hybridized carbons (Fsp3) is 0.600. The molecule has 2 aliphatic rings. The number of carboxylic acids is 1. The number of hydrogen-bond donors (Lipinski definition) is 2. The Morgan fingerprint density at radius 3 is 2.95 bits per heavy atom. The highest BCUT2D eigenvalue weighted by Gasteiger charge is 2.50. The SMILES string of the molecule is Cc1cccc(CNC2C3CCC(C3)C2C(=O)O)n1. The van der Waals surface area contributed by atoms with Gasteiger partial charge < -0.3 is 10.4 Å². The molecule has 19 heavy (non-hydrogen) atoms. The van der Waals surface area contributed by atoms with Gasteiger partial charge in [0.05, 0.1) is 11.6 Å². The zero-order valence-corrected chi connectivity index (χ0v) is 11.2. The molecule has 4 heteroatoms. The minimum atomic E-state index is -0.637. The Morgan fingerprint density at radius 2 is 2.21 bits per heavy atom. The largest absolute Gasteiger partial charge is 0.481 e. The minimum absolute atomic E-state index is 0.124. The second-order valence-corrected chi connectivity index (χ2v) is 5.87. The summed E-state index contributed by atoms with van der Waals surface area (Å²) in [6.07, 6.45) is 3.34. The maximum Gasteiger partial charge on any atom is 0.308 e. The number of pyridine rings is 1. The number of nitrogens with one attached hydrogen (secondary N) is 1. The molecule has 3 rings (SSSR count). The highest BCUT2D eigenvalue weighted by Crippen LogP contribution is 2.48. The van der Waals surface area contributed by atoms with E-state index in [1.54, 1.807) is 0 Å². The summed E-state index contributed by atoms with van der Waals surface area (Å²) in [6.45, 7) is 2.64. The van der Waals surface area contributed by atoms with Crippen molar-refractivity contribution in [1.82, 2.24) is 10.3 Å². The molecule has 0 aromatic carbocycles. The Hall–Kier alpha value is -1.42. The summed E-state index contributed by atoms with van der Waals surface area (Å²) in [5.41, 5.74) is 1.99. The molecule has 0 radical (unpaired) electrons. The van der Waals surface area contributed by atoms with E-state index in [2.05, 4.69) is 10.3 Å². The number of aryl methyl sites for hydroxylation is 1. The van der Waals surface area contributed by atoms with Crippen molar-refractivity contribution in [3.8, 4) is 0 Å². The van der Waals surface area contributed by atoms with Gasteiger partial charge in [-0.1, -0.05) is 6.07 Å². The highest BCUT2D eigenvalue weighted by atomic mass is 16.4. The van der Waals surface area contributed by atoms with Gasteiger partial charge in [-0.05, 0) is 50.2 Å². The van der Waals surface area contributed by atoms with Gasteiger partial charge in [-0.15, -0.1) is 0 Å². The molecule has 0 aliphatic heterocycles. The van der Waals surface area contributed by atoms with Gasteiger partial charge in [0.1, 0.15) is 0 Å². The van der Waals surface area contributed by atoms with E-state index in [0.717, 1.165) is 24.2 Å². The van der Waals surface area contributed by atoms with E-state index in [1.165, 1.54) is 6.42 Å². The first kappa shape index (κ1) is 12.6. The van der Waals surface area contributed by atoms with Crippen LogP contribution in [-0.2, 0) is 11.3 Å². The Kier molecular flexibility index (Phi) is 3.27. The molecule has 4 atom stereocenters. The zero-order valence-electron chi connectivity index (χ0n) is 11.2. The molecule has 4 unspecified atom stereocenters. The molecule has 2 N–H and O–H groups in total. The van der Waals surface area contributed by atoms with Crippen molar-refractivity contribution in [3.63, 3.8) is 0 Å². The quantitative estimate of drug-likeness (QED) is 0.869. The third kappa shape index (κ3) is 2.37. The molecule has 0 amide bonds. The van der Waals surface area contributed by atoms with Gasteiger partial charge in [-0.25, -0.2) is 0 Å². The molecular formula is C15H20N2O2. The molecular weight excluding hydrogens is 240 g/mol. The number of fused-ring (bicyclic) bond motifs is 2. The number of hydrogen-bond acceptors (Lipinski definition) is 3. The lowest BCUT2D eigenvalue weighted by Crippen LogP contribution is -2.43. The monoisotopic (exact) mass is 260 g/mol. The van der Waals surface area contributed by atoms with E-state index in [9.17, 15) is 9.90 Å². The molecule has 2 bridgehead atoms. The number of aliphatic carboxylic acids is 1. The number of carbonyl (C=O) groups is 1. The summed E-state index contributed by atoms with van der Waals surface area (Å²) >= 11 is 0. The number of aromatic nitrogens is 1. The van der Waals surface area contributed by atoms with Crippen LogP contribution in [0.5, 0.6) is 0 Å². The predicted molar refractivity (Wildman–Crippen MR) is 71.6 cm³/mol. The molecule has 0 saturated heterocycles. The van der Waals surface area contributed by atoms with Crippen LogP contribution in [0.3, 0.4) is 0 Å². The van der Waals surface area contributed by atoms with E-state index in [0.29, 0.717) is 18.4 Å². The van der Waals surface area contributed by atoms with Crippen LogP contribution in [0.15, 0.2) is 18.2 Å². The van der Waals surface area contributed by atoms with Gasteiger partial charge in [0.15, 0.2) is 0 Å². The fourth-order valence-corrected chi connectivity index (χ4v) is 3.86. The third-order valence-corrected chi connectivity index (χ3v) is 4.67. The highest BCUT2D eigenvalue weighted by molar-refractivity contribution is 5.72. The molecule has 2 aliphatic carbocycles. The van der Waals surface area contributed by atoms with Crippen LogP contribution in [0.2, 0.25) is 0 Å². The van der Waals surface area contributed by atoms with Crippen molar-refractivity contribution in [1.29, 1.82) is 0 Å². The lowest BCUT2D eigenvalue weighted by atomic mass is 9.84. The maximum atomic E-state index is 11.4. The van der Waals surface area contributed by atoms with Gasteiger partial charge in [-0.3, -0.25) is 9.78 Å². The van der Waals surface area contributed by atoms with Gasteiger partial charge in [0, 0.05) is 18.3 Å². The van der Waals surface area contributed by atoms with Crippen LogP contribution in [0, 0.1) is 24.7 Å². The van der Waals surface area contributed by atoms with E-state index in [-0.39, 0.29) is 12.0 Å². The van der Waals surface area contributed by atoms with Crippen LogP contribution < -0.4 is 5.32 Å². The normalized spacial score (nSPS) is 32.7. The van der Waals surface area contributed by atoms with Crippen molar-refractivity contribution in [3.05, 3.63) is 29.6 Å². The van der Waals surface area contributed by atoms with Crippen molar-refractivity contribution in [2.45, 2.75) is 38.8 Å². The molecule has 2 fully saturated rings. The Balaban J connectivity index is 1.67. The Bertz CT molecular complexity index is 489. The molecule has 102 valence electrons. The van der Waals surface area contributed by atoms with Crippen LogP contribution >= 0.6 is 0 Å². The van der Waals surface area contributed by atoms with Gasteiger partial charge in [0.25, 0.3) is 0 Å². The molecule has 4 nitrogen and oxygen atoms in total. The summed E-state index contributed by atoms with van der Waals surface area (Å²) in [7, 11) is 0. The summed E-state index contributed by atoms with van der Waals surface area (Å²) in [5.74, 6) is 0.0758. The van der Waals surface area contributed by atoms with Crippen molar-refractivity contribution in [2.24, 2.45) is 17.8 Å². The van der Waals surface area contributed by atoms with Crippen molar-refractivity contribution < 1.29 is 9.90 Å². The Labute approximate surface area is 113 Å². The average Bonchev–Trinajstić information content (AvgIpc) is 2.96. The first-order chi connectivity index (χ1) is 9.15. The summed E-state index contributed by atoms with van der Waals surface area (Å²) < 4.78 is 0. The summed E-state index contributed by atoms with van der Waals surface area (Å²) in [5, 5.41) is 12.8. The lowest BCUT2D eigenvalue weighted by Gasteiger charge is -2.28. The van der Waals surface area contributed by atoms with Crippen molar-refractivity contribution in [2.75, 3.05) is 0 Å². The summed E-state index contributed by atoms with van der Waals surface area (Å²) in [6, 6.07) is 6.08. The first-order valence-electron chi connectivity index (χ1n) is 7.04. The van der Waals surface area contributed by atoms with Crippen LogP contribution in [-0.4, -0.2) is 22.1 Å². The summed E-state index contributed by atoms with van der Waals surface area (Å²) in [4.78, 5) is 15.9. The predicted octanol–water partition coefficient (Wildman–Crippen LogP) is 1.98. The smallest absolute Gasteiger partial charge is 0.308 e. The Morgan fingerprint density at radius 1 is 1.42 bits per heavy atom. The lowest BCUT2D eigenvalue weighted by molar-refractivity contribution is -0.144. The molecule has 2 saturated carbocycles. The molecule has 1 aromatic rings. The van der Waals surface area contributed by atoms with Gasteiger partial charge >= 0.3 is 5.97 Å². The molecule has 1 aromatic heterocycles. The van der Waals surface area contributed by atoms with E-state index in [1.807, 2.05) is 25.1 Å². The number of rotatable bonds is 4. The second kappa shape index (κ2) is 4.93. The van der Waals surface area contributed by atoms with Gasteiger partial charge in [-0.2, -0.15) is 0 Å². The standard InChI is InChI=1S/C15H20N2O2/c1-9-3-2-4-12(17-9)8-16-14-11-6-5-10(7-11)13(14)15(18)19/h2-4,10-11,13-14,16H,5-8H2,1H3,(H,18,19). The second-order valence-electron chi connectivity index (χ2n) is 5.87. The zero-order chi connectivity index (χ0) is 13.4. The van der Waals surface area contributed by atoms with Crippen molar-refractivity contribution >= 4 is 5.97 Å². The maximum absolute atomic E-state index is 11.4. The van der Waals surface area contributed by atoms with E-state index < -0.39 is 5.97 Å². The minimum Gasteiger partial charge on any atom is -0.481 e. The van der Waals surface area contributed by atoms with Gasteiger partial charge in [0.2, 0.25) is 0 Å². The van der Waals surface area contributed by atoms with Crippen LogP contribution in [0.25, 0.3) is 0 Å². The van der Waals surface area contributed by atoms with E-state index in [4.69, 9.17) is 0 Å².